The number of nitrogens with zero attached hydrogens (tertiary/aromatic N) is 1. The van der Waals surface area contributed by atoms with Crippen molar-refractivity contribution in [2.24, 2.45) is 10.8 Å². The second-order valence-electron chi connectivity index (χ2n) is 7.37. The van der Waals surface area contributed by atoms with Crippen molar-refractivity contribution < 1.29 is 5.11 Å². The van der Waals surface area contributed by atoms with E-state index in [1.807, 2.05) is 6.07 Å². The summed E-state index contributed by atoms with van der Waals surface area (Å²) in [6, 6.07) is 7.49. The molecule has 0 radical (unpaired) electrons. The smallest absolute Gasteiger partial charge is 0.101 e. The number of hydrogen-bond donors (Lipinski definition) is 2. The molecule has 0 amide bonds. The number of aliphatic hydroxyl groups excluding tert-OH is 1. The molecule has 3 nitrogen and oxygen atoms in total. The second kappa shape index (κ2) is 5.87. The van der Waals surface area contributed by atoms with Crippen LogP contribution in [0.3, 0.4) is 0 Å². The Labute approximate surface area is 131 Å². The van der Waals surface area contributed by atoms with Gasteiger partial charge in [-0.3, -0.25) is 0 Å². The lowest BCUT2D eigenvalue weighted by Gasteiger charge is -2.45. The molecule has 2 atom stereocenters. The number of halogens is 1. The number of nitriles is 1. The highest BCUT2D eigenvalue weighted by Gasteiger charge is 2.40. The first kappa shape index (κ1) is 16.1. The van der Waals surface area contributed by atoms with Gasteiger partial charge in [0, 0.05) is 12.2 Å². The molecule has 0 aromatic heterocycles. The summed E-state index contributed by atoms with van der Waals surface area (Å²) in [6.07, 6.45) is 2.51. The topological polar surface area (TPSA) is 56.0 Å². The molecule has 2 N–H and O–H groups in total. The van der Waals surface area contributed by atoms with Gasteiger partial charge in [-0.1, -0.05) is 32.4 Å². The van der Waals surface area contributed by atoms with Crippen LogP contribution in [0.4, 0.5) is 5.69 Å². The standard InChI is InChI=1S/C17H23ClN2O/c1-16(2)7-14(21)8-17(3,10-16)11-20-13-4-5-15(18)12(6-13)9-19/h4-6,14,20-21H,7-8,10-11H2,1-3H3. The molecule has 0 spiro atoms. The van der Waals surface area contributed by atoms with Gasteiger partial charge in [-0.2, -0.15) is 5.26 Å². The maximum absolute atomic E-state index is 10.1. The molecule has 0 bridgehead atoms. The molecule has 4 heteroatoms. The highest BCUT2D eigenvalue weighted by atomic mass is 35.5. The molecule has 0 saturated heterocycles. The normalized spacial score (nSPS) is 27.9. The van der Waals surface area contributed by atoms with Crippen molar-refractivity contribution in [3.63, 3.8) is 0 Å². The average Bonchev–Trinajstić information content (AvgIpc) is 2.35. The highest BCUT2D eigenvalue weighted by molar-refractivity contribution is 6.31. The van der Waals surface area contributed by atoms with E-state index in [1.54, 1.807) is 12.1 Å². The first-order valence-electron chi connectivity index (χ1n) is 7.35. The molecule has 1 aliphatic carbocycles. The van der Waals surface area contributed by atoms with E-state index in [-0.39, 0.29) is 16.9 Å². The zero-order chi connectivity index (χ0) is 15.7. The SMILES string of the molecule is CC1(C)CC(O)CC(C)(CNc2ccc(Cl)c(C#N)c2)C1. The second-order valence-corrected chi connectivity index (χ2v) is 7.78. The third kappa shape index (κ3) is 4.12. The number of nitrogens with one attached hydrogen (secondary N) is 1. The van der Waals surface area contributed by atoms with Crippen LogP contribution in [-0.4, -0.2) is 17.8 Å². The van der Waals surface area contributed by atoms with Gasteiger partial charge < -0.3 is 10.4 Å². The van der Waals surface area contributed by atoms with E-state index in [4.69, 9.17) is 16.9 Å². The van der Waals surface area contributed by atoms with Crippen LogP contribution < -0.4 is 5.32 Å². The molecular formula is C17H23ClN2O. The summed E-state index contributed by atoms with van der Waals surface area (Å²) in [5.41, 5.74) is 1.59. The fourth-order valence-electron chi connectivity index (χ4n) is 3.75. The van der Waals surface area contributed by atoms with E-state index >= 15 is 0 Å². The van der Waals surface area contributed by atoms with Crippen molar-refractivity contribution in [1.29, 1.82) is 5.26 Å². The summed E-state index contributed by atoms with van der Waals surface area (Å²) in [6.45, 7) is 7.42. The van der Waals surface area contributed by atoms with E-state index in [0.717, 1.165) is 31.5 Å². The summed E-state index contributed by atoms with van der Waals surface area (Å²) >= 11 is 5.95. The predicted molar refractivity (Wildman–Crippen MR) is 86.4 cm³/mol. The molecule has 1 fully saturated rings. The summed E-state index contributed by atoms with van der Waals surface area (Å²) in [5, 5.41) is 23.0. The van der Waals surface area contributed by atoms with Gasteiger partial charge in [-0.25, -0.2) is 0 Å². The largest absolute Gasteiger partial charge is 0.393 e. The third-order valence-electron chi connectivity index (χ3n) is 4.23. The zero-order valence-corrected chi connectivity index (χ0v) is 13.7. The van der Waals surface area contributed by atoms with E-state index in [9.17, 15) is 5.11 Å². The van der Waals surface area contributed by atoms with Gasteiger partial charge >= 0.3 is 0 Å². The maximum atomic E-state index is 10.1. The Morgan fingerprint density at radius 1 is 1.38 bits per heavy atom. The lowest BCUT2D eigenvalue weighted by atomic mass is 9.63. The van der Waals surface area contributed by atoms with Gasteiger partial charge in [0.2, 0.25) is 0 Å². The summed E-state index contributed by atoms with van der Waals surface area (Å²) in [5.74, 6) is 0. The first-order valence-corrected chi connectivity index (χ1v) is 7.72. The minimum atomic E-state index is -0.236. The van der Waals surface area contributed by atoms with Gasteiger partial charge in [0.1, 0.15) is 6.07 Å². The van der Waals surface area contributed by atoms with Crippen LogP contribution in [-0.2, 0) is 0 Å². The number of rotatable bonds is 3. The molecule has 114 valence electrons. The molecule has 21 heavy (non-hydrogen) atoms. The summed E-state index contributed by atoms with van der Waals surface area (Å²) < 4.78 is 0. The first-order chi connectivity index (χ1) is 9.73. The van der Waals surface area contributed by atoms with E-state index in [1.165, 1.54) is 0 Å². The van der Waals surface area contributed by atoms with Crippen molar-refractivity contribution in [2.45, 2.75) is 46.1 Å². The van der Waals surface area contributed by atoms with Crippen molar-refractivity contribution in [2.75, 3.05) is 11.9 Å². The Balaban J connectivity index is 2.07. The van der Waals surface area contributed by atoms with Crippen LogP contribution in [0.2, 0.25) is 5.02 Å². The molecule has 1 aliphatic rings. The van der Waals surface area contributed by atoms with Crippen LogP contribution in [0.25, 0.3) is 0 Å². The summed E-state index contributed by atoms with van der Waals surface area (Å²) in [7, 11) is 0. The minimum absolute atomic E-state index is 0.0492. The fourth-order valence-corrected chi connectivity index (χ4v) is 3.91. The van der Waals surface area contributed by atoms with Gasteiger partial charge in [-0.05, 0) is 48.3 Å². The van der Waals surface area contributed by atoms with Crippen LogP contribution >= 0.6 is 11.6 Å². The maximum Gasteiger partial charge on any atom is 0.101 e. The summed E-state index contributed by atoms with van der Waals surface area (Å²) in [4.78, 5) is 0. The Hall–Kier alpha value is -1.24. The van der Waals surface area contributed by atoms with Crippen molar-refractivity contribution in [3.05, 3.63) is 28.8 Å². The Kier molecular flexibility index (Phi) is 4.51. The van der Waals surface area contributed by atoms with Crippen LogP contribution in [0.5, 0.6) is 0 Å². The minimum Gasteiger partial charge on any atom is -0.393 e. The quantitative estimate of drug-likeness (QED) is 0.880. The van der Waals surface area contributed by atoms with Crippen molar-refractivity contribution >= 4 is 17.3 Å². The molecule has 0 heterocycles. The van der Waals surface area contributed by atoms with Crippen molar-refractivity contribution in [3.8, 4) is 6.07 Å². The monoisotopic (exact) mass is 306 g/mol. The van der Waals surface area contributed by atoms with Gasteiger partial charge in [0.05, 0.1) is 16.7 Å². The number of anilines is 1. The third-order valence-corrected chi connectivity index (χ3v) is 4.56. The molecule has 0 aliphatic heterocycles. The lowest BCUT2D eigenvalue weighted by Crippen LogP contribution is -2.42. The molecule has 2 unspecified atom stereocenters. The van der Waals surface area contributed by atoms with Crippen LogP contribution in [0.15, 0.2) is 18.2 Å². The fraction of sp³-hybridized carbons (Fsp3) is 0.588. The molecule has 1 aromatic carbocycles. The van der Waals surface area contributed by atoms with Crippen LogP contribution in [0, 0.1) is 22.2 Å². The van der Waals surface area contributed by atoms with Gasteiger partial charge in [0.15, 0.2) is 0 Å². The van der Waals surface area contributed by atoms with E-state index < -0.39 is 0 Å². The number of benzene rings is 1. The van der Waals surface area contributed by atoms with Gasteiger partial charge in [0.25, 0.3) is 0 Å². The lowest BCUT2D eigenvalue weighted by molar-refractivity contribution is -0.00317. The zero-order valence-electron chi connectivity index (χ0n) is 12.9. The van der Waals surface area contributed by atoms with Crippen LogP contribution in [0.1, 0.15) is 45.6 Å². The van der Waals surface area contributed by atoms with E-state index in [2.05, 4.69) is 32.2 Å². The highest BCUT2D eigenvalue weighted by Crippen LogP contribution is 2.46. The Morgan fingerprint density at radius 2 is 2.10 bits per heavy atom. The Morgan fingerprint density at radius 3 is 2.71 bits per heavy atom. The predicted octanol–water partition coefficient (Wildman–Crippen LogP) is 4.20. The molecule has 1 aromatic rings. The molecule has 2 rings (SSSR count). The van der Waals surface area contributed by atoms with Crippen molar-refractivity contribution in [1.82, 2.24) is 0 Å². The Bertz CT molecular complexity index is 564. The number of hydrogen-bond acceptors (Lipinski definition) is 3. The van der Waals surface area contributed by atoms with Gasteiger partial charge in [-0.15, -0.1) is 0 Å². The average molecular weight is 307 g/mol. The van der Waals surface area contributed by atoms with E-state index in [0.29, 0.717) is 10.6 Å². The number of aliphatic hydroxyl groups is 1. The molecular weight excluding hydrogens is 284 g/mol. The molecule has 1 saturated carbocycles.